The minimum Gasteiger partial charge on any atom is -0.464 e. The Kier molecular flexibility index (Phi) is 52.8. The molecule has 386 valence electrons. The molecule has 0 atom stereocenters. The number of allylic oxidation sites excluding steroid dienone is 12. The van der Waals surface area contributed by atoms with Crippen LogP contribution in [0.5, 0.6) is 0 Å². The van der Waals surface area contributed by atoms with Crippen molar-refractivity contribution in [3.8, 4) is 0 Å². The summed E-state index contributed by atoms with van der Waals surface area (Å²) in [4.78, 5) is 39.6. The van der Waals surface area contributed by atoms with Gasteiger partial charge in [-0.1, -0.05) is 190 Å². The third kappa shape index (κ3) is 53.6. The van der Waals surface area contributed by atoms with Crippen molar-refractivity contribution in [3.05, 3.63) is 72.9 Å². The Labute approximate surface area is 414 Å². The zero-order valence-electron chi connectivity index (χ0n) is 44.0. The van der Waals surface area contributed by atoms with Gasteiger partial charge in [-0.25, -0.2) is 0 Å². The van der Waals surface area contributed by atoms with Crippen molar-refractivity contribution >= 4 is 17.9 Å². The number of carbonyl (C=O) groups is 3. The molecular formula is C60H105NO6. The summed E-state index contributed by atoms with van der Waals surface area (Å²) in [6.07, 6.45) is 66.6. The normalized spacial score (nSPS) is 12.2. The van der Waals surface area contributed by atoms with E-state index >= 15 is 0 Å². The lowest BCUT2D eigenvalue weighted by molar-refractivity contribution is -0.144. The number of hydrogen-bond acceptors (Lipinski definition) is 7. The van der Waals surface area contributed by atoms with E-state index in [-0.39, 0.29) is 37.7 Å². The molecule has 0 saturated heterocycles. The van der Waals surface area contributed by atoms with Crippen molar-refractivity contribution in [1.29, 1.82) is 0 Å². The van der Waals surface area contributed by atoms with E-state index in [0.717, 1.165) is 96.3 Å². The van der Waals surface area contributed by atoms with Gasteiger partial charge in [0.2, 0.25) is 0 Å². The van der Waals surface area contributed by atoms with Crippen LogP contribution < -0.4 is 0 Å². The van der Waals surface area contributed by atoms with Gasteiger partial charge in [0.15, 0.2) is 0 Å². The molecule has 0 aromatic carbocycles. The number of unbranched alkanes of at least 4 members (excludes halogenated alkanes) is 24. The number of nitrogens with zero attached hydrogens (tertiary/aromatic N) is 1. The molecule has 7 nitrogen and oxygen atoms in total. The molecule has 0 radical (unpaired) electrons. The Bertz CT molecular complexity index is 1110. The molecule has 0 bridgehead atoms. The molecule has 0 aliphatic heterocycles. The molecular weight excluding hydrogens is 831 g/mol. The number of carbonyl (C=O) groups excluding carboxylic acids is 3. The lowest BCUT2D eigenvalue weighted by Gasteiger charge is -2.22. The second kappa shape index (κ2) is 55.4. The standard InChI is InChI=1S/C60H105NO6/c1-4-7-10-13-16-19-22-25-28-31-34-37-40-43-46-49-58(62)65-55-52-61(53-56-66-59(63)50-47-44-41-38-35-32-29-26-23-20-17-14-11-8-5-2)54-57-67-60(64)51-48-45-42-39-36-33-30-27-24-21-18-15-12-9-6-3/h16-21,25-30H,4-15,22-24,31-57H2,1-3H3/b19-16-,20-17-,21-18-,28-25-,29-26-,30-27-. The van der Waals surface area contributed by atoms with Gasteiger partial charge in [-0.3, -0.25) is 19.3 Å². The fourth-order valence-electron chi connectivity index (χ4n) is 7.66. The van der Waals surface area contributed by atoms with Crippen LogP contribution in [0.25, 0.3) is 0 Å². The van der Waals surface area contributed by atoms with Crippen LogP contribution in [-0.2, 0) is 28.6 Å². The molecule has 0 aromatic heterocycles. The summed E-state index contributed by atoms with van der Waals surface area (Å²) in [6.45, 7) is 9.01. The molecule has 0 spiro atoms. The van der Waals surface area contributed by atoms with E-state index in [4.69, 9.17) is 14.2 Å². The summed E-state index contributed by atoms with van der Waals surface area (Å²) in [6, 6.07) is 0. The molecule has 0 aromatic rings. The SMILES string of the molecule is CCCCC/C=C\C/C=C\CCCCCCCC(=O)OCCN(CCOC(=O)CCCCCCC/C=C\C/C=C\CCCCC)CCOC(=O)CCCCCCC/C=C\C/C=C\CCCCC. The highest BCUT2D eigenvalue weighted by Crippen LogP contribution is 2.12. The average Bonchev–Trinajstić information content (AvgIpc) is 3.32. The lowest BCUT2D eigenvalue weighted by atomic mass is 10.1. The minimum atomic E-state index is -0.168. The van der Waals surface area contributed by atoms with E-state index in [2.05, 4.69) is 98.6 Å². The molecule has 67 heavy (non-hydrogen) atoms. The first-order valence-electron chi connectivity index (χ1n) is 28.1. The molecule has 0 N–H and O–H groups in total. The lowest BCUT2D eigenvalue weighted by Crippen LogP contribution is -2.35. The van der Waals surface area contributed by atoms with Gasteiger partial charge in [0.1, 0.15) is 19.8 Å². The van der Waals surface area contributed by atoms with Crippen LogP contribution in [0.15, 0.2) is 72.9 Å². The highest BCUT2D eigenvalue weighted by molar-refractivity contribution is 5.70. The Morgan fingerprint density at radius 1 is 0.299 bits per heavy atom. The molecule has 0 fully saturated rings. The van der Waals surface area contributed by atoms with Crippen molar-refractivity contribution in [1.82, 2.24) is 4.90 Å². The van der Waals surface area contributed by atoms with E-state index in [1.807, 2.05) is 0 Å². The van der Waals surface area contributed by atoms with Crippen molar-refractivity contribution in [2.24, 2.45) is 0 Å². The van der Waals surface area contributed by atoms with Crippen molar-refractivity contribution in [3.63, 3.8) is 0 Å². The molecule has 0 aliphatic rings. The summed E-state index contributed by atoms with van der Waals surface area (Å²) in [5.41, 5.74) is 0. The predicted molar refractivity (Wildman–Crippen MR) is 287 cm³/mol. The van der Waals surface area contributed by atoms with Gasteiger partial charge in [0, 0.05) is 38.9 Å². The maximum absolute atomic E-state index is 12.5. The summed E-state index contributed by atoms with van der Waals surface area (Å²) < 4.78 is 16.8. The largest absolute Gasteiger partial charge is 0.464 e. The van der Waals surface area contributed by atoms with Gasteiger partial charge in [0.25, 0.3) is 0 Å². The van der Waals surface area contributed by atoms with E-state index in [1.165, 1.54) is 116 Å². The number of hydrogen-bond donors (Lipinski definition) is 0. The van der Waals surface area contributed by atoms with E-state index < -0.39 is 0 Å². The topological polar surface area (TPSA) is 82.1 Å². The van der Waals surface area contributed by atoms with Gasteiger partial charge in [-0.15, -0.1) is 0 Å². The second-order valence-electron chi connectivity index (χ2n) is 18.4. The smallest absolute Gasteiger partial charge is 0.305 e. The first kappa shape index (κ1) is 63.8. The van der Waals surface area contributed by atoms with Crippen LogP contribution in [0.4, 0.5) is 0 Å². The van der Waals surface area contributed by atoms with Crippen LogP contribution >= 0.6 is 0 Å². The monoisotopic (exact) mass is 936 g/mol. The van der Waals surface area contributed by atoms with Gasteiger partial charge < -0.3 is 14.2 Å². The van der Waals surface area contributed by atoms with Crippen LogP contribution in [0.3, 0.4) is 0 Å². The van der Waals surface area contributed by atoms with Crippen LogP contribution in [0, 0.1) is 0 Å². The Morgan fingerprint density at radius 2 is 0.522 bits per heavy atom. The van der Waals surface area contributed by atoms with Crippen LogP contribution in [-0.4, -0.2) is 62.3 Å². The molecule has 7 heteroatoms. The Balaban J connectivity index is 4.41. The fourth-order valence-corrected chi connectivity index (χ4v) is 7.66. The van der Waals surface area contributed by atoms with Gasteiger partial charge >= 0.3 is 17.9 Å². The molecule has 0 unspecified atom stereocenters. The molecule has 0 aliphatic carbocycles. The van der Waals surface area contributed by atoms with E-state index in [1.54, 1.807) is 0 Å². The maximum Gasteiger partial charge on any atom is 0.305 e. The van der Waals surface area contributed by atoms with Crippen molar-refractivity contribution in [2.75, 3.05) is 39.5 Å². The molecule has 0 rings (SSSR count). The van der Waals surface area contributed by atoms with Gasteiger partial charge in [-0.2, -0.15) is 0 Å². The first-order valence-corrected chi connectivity index (χ1v) is 28.1. The van der Waals surface area contributed by atoms with Gasteiger partial charge in [-0.05, 0) is 116 Å². The highest BCUT2D eigenvalue weighted by Gasteiger charge is 2.12. The number of ether oxygens (including phenoxy) is 3. The maximum atomic E-state index is 12.5. The first-order chi connectivity index (χ1) is 33.0. The van der Waals surface area contributed by atoms with Crippen molar-refractivity contribution in [2.45, 2.75) is 252 Å². The van der Waals surface area contributed by atoms with Gasteiger partial charge in [0.05, 0.1) is 0 Å². The summed E-state index contributed by atoms with van der Waals surface area (Å²) >= 11 is 0. The Hall–Kier alpha value is -3.19. The number of esters is 3. The van der Waals surface area contributed by atoms with Crippen LogP contribution in [0.2, 0.25) is 0 Å². The van der Waals surface area contributed by atoms with Crippen molar-refractivity contribution < 1.29 is 28.6 Å². The third-order valence-electron chi connectivity index (χ3n) is 12.0. The minimum absolute atomic E-state index is 0.168. The average molecular weight is 937 g/mol. The molecule has 0 heterocycles. The van der Waals surface area contributed by atoms with E-state index in [9.17, 15) is 14.4 Å². The predicted octanol–water partition coefficient (Wildman–Crippen LogP) is 17.4. The number of rotatable bonds is 51. The fraction of sp³-hybridized carbons (Fsp3) is 0.750. The molecule has 0 amide bonds. The zero-order valence-corrected chi connectivity index (χ0v) is 44.0. The summed E-state index contributed by atoms with van der Waals surface area (Å²) in [5, 5.41) is 0. The summed E-state index contributed by atoms with van der Waals surface area (Å²) in [5.74, 6) is -0.505. The highest BCUT2D eigenvalue weighted by atomic mass is 16.5. The zero-order chi connectivity index (χ0) is 48.6. The third-order valence-corrected chi connectivity index (χ3v) is 12.0. The quantitative estimate of drug-likeness (QED) is 0.0260. The Morgan fingerprint density at radius 3 is 0.776 bits per heavy atom. The van der Waals surface area contributed by atoms with E-state index in [0.29, 0.717) is 38.9 Å². The molecule has 0 saturated carbocycles. The van der Waals surface area contributed by atoms with Crippen LogP contribution in [0.1, 0.15) is 252 Å². The summed E-state index contributed by atoms with van der Waals surface area (Å²) in [7, 11) is 0. The second-order valence-corrected chi connectivity index (χ2v) is 18.4.